The predicted octanol–water partition coefficient (Wildman–Crippen LogP) is 2.34. The molecular weight excluding hydrogens is 192 g/mol. The number of phenolic OH excluding ortho intramolecular Hbond substituents is 1. The molecule has 13 heavy (non-hydrogen) atoms. The Labute approximate surface area is 81.9 Å². The van der Waals surface area contributed by atoms with Crippen LogP contribution in [0.25, 0.3) is 0 Å². The van der Waals surface area contributed by atoms with E-state index in [1.54, 1.807) is 13.0 Å². The quantitative estimate of drug-likeness (QED) is 0.765. The number of aryl methyl sites for hydroxylation is 1. The number of methoxy groups -OCH3 is 1. The fourth-order valence-corrected chi connectivity index (χ4v) is 1.33. The lowest BCUT2D eigenvalue weighted by atomic mass is 10.2. The molecule has 3 nitrogen and oxygen atoms in total. The van der Waals surface area contributed by atoms with E-state index < -0.39 is 0 Å². The fraction of sp³-hybridized carbons (Fsp3) is 0.333. The molecule has 72 valence electrons. The molecule has 1 aromatic carbocycles. The second-order valence-electron chi connectivity index (χ2n) is 2.62. The van der Waals surface area contributed by atoms with Crippen molar-refractivity contribution in [2.45, 2.75) is 6.92 Å². The highest BCUT2D eigenvalue weighted by Crippen LogP contribution is 2.32. The van der Waals surface area contributed by atoms with Crippen molar-refractivity contribution in [3.63, 3.8) is 0 Å². The van der Waals surface area contributed by atoms with Crippen LogP contribution in [0.4, 0.5) is 0 Å². The molecule has 1 aromatic rings. The summed E-state index contributed by atoms with van der Waals surface area (Å²) in [5, 5.41) is 9.56. The zero-order valence-corrected chi connectivity index (χ0v) is 8.26. The van der Waals surface area contributed by atoms with E-state index in [9.17, 15) is 5.11 Å². The number of ether oxygens (including phenoxy) is 2. The van der Waals surface area contributed by atoms with Gasteiger partial charge in [0, 0.05) is 13.2 Å². The molecule has 0 fully saturated rings. The summed E-state index contributed by atoms with van der Waals surface area (Å²) in [5.41, 5.74) is 0.780. The summed E-state index contributed by atoms with van der Waals surface area (Å²) in [6.45, 7) is 1.95. The van der Waals surface area contributed by atoms with Crippen LogP contribution in [0.2, 0.25) is 5.02 Å². The van der Waals surface area contributed by atoms with Crippen molar-refractivity contribution in [2.75, 3.05) is 13.9 Å². The Bertz CT molecular complexity index is 276. The van der Waals surface area contributed by atoms with Crippen LogP contribution in [0.5, 0.6) is 11.5 Å². The lowest BCUT2D eigenvalue weighted by Gasteiger charge is -2.09. The molecule has 1 rings (SSSR count). The third-order valence-electron chi connectivity index (χ3n) is 1.54. The Morgan fingerprint density at radius 1 is 1.46 bits per heavy atom. The van der Waals surface area contributed by atoms with Crippen molar-refractivity contribution >= 4 is 11.6 Å². The van der Waals surface area contributed by atoms with E-state index in [1.165, 1.54) is 13.2 Å². The van der Waals surface area contributed by atoms with E-state index in [2.05, 4.69) is 0 Å². The summed E-state index contributed by atoms with van der Waals surface area (Å²) in [6.07, 6.45) is 0. The second kappa shape index (κ2) is 4.35. The summed E-state index contributed by atoms with van der Waals surface area (Å²) in [6, 6.07) is 3.01. The maximum atomic E-state index is 9.17. The SMILES string of the molecule is COCOc1c(C)cc(O)cc1Cl. The van der Waals surface area contributed by atoms with Gasteiger partial charge in [0.1, 0.15) is 11.5 Å². The van der Waals surface area contributed by atoms with E-state index in [4.69, 9.17) is 21.1 Å². The van der Waals surface area contributed by atoms with Gasteiger partial charge in [-0.05, 0) is 18.6 Å². The molecule has 0 saturated heterocycles. The van der Waals surface area contributed by atoms with Crippen molar-refractivity contribution in [3.8, 4) is 11.5 Å². The van der Waals surface area contributed by atoms with E-state index in [1.807, 2.05) is 0 Å². The lowest BCUT2D eigenvalue weighted by Crippen LogP contribution is -2.00. The molecule has 4 heteroatoms. The van der Waals surface area contributed by atoms with Gasteiger partial charge in [0.25, 0.3) is 0 Å². The molecule has 0 radical (unpaired) electrons. The van der Waals surface area contributed by atoms with E-state index >= 15 is 0 Å². The van der Waals surface area contributed by atoms with Crippen LogP contribution in [-0.4, -0.2) is 19.0 Å². The highest BCUT2D eigenvalue weighted by molar-refractivity contribution is 6.32. The summed E-state index contributed by atoms with van der Waals surface area (Å²) >= 11 is 5.83. The smallest absolute Gasteiger partial charge is 0.188 e. The Morgan fingerprint density at radius 3 is 2.69 bits per heavy atom. The summed E-state index contributed by atoms with van der Waals surface area (Å²) < 4.78 is 9.95. The minimum atomic E-state index is 0.132. The van der Waals surface area contributed by atoms with Crippen molar-refractivity contribution in [3.05, 3.63) is 22.7 Å². The van der Waals surface area contributed by atoms with E-state index in [0.717, 1.165) is 5.56 Å². The molecule has 0 atom stereocenters. The molecule has 1 N–H and O–H groups in total. The van der Waals surface area contributed by atoms with Crippen LogP contribution in [0.3, 0.4) is 0 Å². The third kappa shape index (κ3) is 2.50. The molecule has 0 amide bonds. The molecule has 0 unspecified atom stereocenters. The predicted molar refractivity (Wildman–Crippen MR) is 50.4 cm³/mol. The first-order chi connectivity index (χ1) is 6.15. The molecule has 0 spiro atoms. The van der Waals surface area contributed by atoms with Crippen LogP contribution in [0, 0.1) is 6.92 Å². The molecule has 0 aliphatic carbocycles. The van der Waals surface area contributed by atoms with E-state index in [-0.39, 0.29) is 12.5 Å². The summed E-state index contributed by atoms with van der Waals surface area (Å²) in [7, 11) is 1.53. The van der Waals surface area contributed by atoms with Gasteiger partial charge in [-0.2, -0.15) is 0 Å². The number of halogens is 1. The largest absolute Gasteiger partial charge is 0.508 e. The monoisotopic (exact) mass is 202 g/mol. The zero-order valence-electron chi connectivity index (χ0n) is 7.50. The van der Waals surface area contributed by atoms with Gasteiger partial charge < -0.3 is 14.6 Å². The van der Waals surface area contributed by atoms with Crippen LogP contribution >= 0.6 is 11.6 Å². The first kappa shape index (κ1) is 10.2. The summed E-state index contributed by atoms with van der Waals surface area (Å²) in [4.78, 5) is 0. The molecule has 0 saturated carbocycles. The number of benzene rings is 1. The Balaban J connectivity index is 2.92. The van der Waals surface area contributed by atoms with Gasteiger partial charge in [0.2, 0.25) is 0 Å². The number of aromatic hydroxyl groups is 1. The van der Waals surface area contributed by atoms with Crippen LogP contribution in [0.15, 0.2) is 12.1 Å². The van der Waals surface area contributed by atoms with Gasteiger partial charge in [-0.25, -0.2) is 0 Å². The average molecular weight is 203 g/mol. The molecule has 0 heterocycles. The molecular formula is C9H11ClO3. The highest BCUT2D eigenvalue weighted by Gasteiger charge is 2.06. The average Bonchev–Trinajstić information content (AvgIpc) is 2.02. The Morgan fingerprint density at radius 2 is 2.15 bits per heavy atom. The normalized spacial score (nSPS) is 10.1. The number of phenols is 1. The Kier molecular flexibility index (Phi) is 3.39. The van der Waals surface area contributed by atoms with Crippen molar-refractivity contribution < 1.29 is 14.6 Å². The third-order valence-corrected chi connectivity index (χ3v) is 1.82. The first-order valence-electron chi connectivity index (χ1n) is 3.76. The number of hydrogen-bond donors (Lipinski definition) is 1. The molecule has 0 bridgehead atoms. The van der Waals surface area contributed by atoms with E-state index in [0.29, 0.717) is 10.8 Å². The standard InChI is InChI=1S/C9H11ClO3/c1-6-3-7(11)4-8(10)9(6)13-5-12-2/h3-4,11H,5H2,1-2H3. The maximum Gasteiger partial charge on any atom is 0.188 e. The topological polar surface area (TPSA) is 38.7 Å². The van der Waals surface area contributed by atoms with Crippen molar-refractivity contribution in [1.82, 2.24) is 0 Å². The minimum Gasteiger partial charge on any atom is -0.508 e. The van der Waals surface area contributed by atoms with Gasteiger partial charge in [-0.3, -0.25) is 0 Å². The fourth-order valence-electron chi connectivity index (χ4n) is 1.01. The second-order valence-corrected chi connectivity index (χ2v) is 3.03. The maximum absolute atomic E-state index is 9.17. The molecule has 0 aliphatic rings. The highest BCUT2D eigenvalue weighted by atomic mass is 35.5. The zero-order chi connectivity index (χ0) is 9.84. The summed E-state index contributed by atoms with van der Waals surface area (Å²) in [5.74, 6) is 0.675. The van der Waals surface area contributed by atoms with Gasteiger partial charge >= 0.3 is 0 Å². The molecule has 0 aliphatic heterocycles. The van der Waals surface area contributed by atoms with Crippen LogP contribution in [0.1, 0.15) is 5.56 Å². The van der Waals surface area contributed by atoms with Gasteiger partial charge in [-0.1, -0.05) is 11.6 Å². The first-order valence-corrected chi connectivity index (χ1v) is 4.13. The van der Waals surface area contributed by atoms with Gasteiger partial charge in [0.15, 0.2) is 6.79 Å². The van der Waals surface area contributed by atoms with Crippen molar-refractivity contribution in [1.29, 1.82) is 0 Å². The number of rotatable bonds is 3. The van der Waals surface area contributed by atoms with Crippen LogP contribution in [-0.2, 0) is 4.74 Å². The Hall–Kier alpha value is -0.930. The minimum absolute atomic E-state index is 0.132. The molecule has 0 aromatic heterocycles. The lowest BCUT2D eigenvalue weighted by molar-refractivity contribution is 0.0506. The van der Waals surface area contributed by atoms with Crippen molar-refractivity contribution in [2.24, 2.45) is 0 Å². The van der Waals surface area contributed by atoms with Gasteiger partial charge in [0.05, 0.1) is 5.02 Å². The van der Waals surface area contributed by atoms with Gasteiger partial charge in [-0.15, -0.1) is 0 Å². The van der Waals surface area contributed by atoms with Crippen LogP contribution < -0.4 is 4.74 Å². The number of hydrogen-bond acceptors (Lipinski definition) is 3.